The van der Waals surface area contributed by atoms with Crippen LogP contribution >= 0.6 is 0 Å². The molecule has 0 aromatic rings. The monoisotopic (exact) mass is 272 g/mol. The Morgan fingerprint density at radius 3 is 2.60 bits per heavy atom. The van der Waals surface area contributed by atoms with Gasteiger partial charge in [0.1, 0.15) is 0 Å². The molecule has 112 valence electrons. The Hall–Kier alpha value is -0.520. The molecule has 2 fully saturated rings. The summed E-state index contributed by atoms with van der Waals surface area (Å²) in [6.45, 7) is 12.4. The third kappa shape index (κ3) is 2.30. The van der Waals surface area contributed by atoms with Crippen LogP contribution in [0.2, 0.25) is 0 Å². The van der Waals surface area contributed by atoms with Gasteiger partial charge in [0.15, 0.2) is 0 Å². The molecular weight excluding hydrogens is 240 g/mol. The smallest absolute Gasteiger partial charge is 0.0107 e. The lowest BCUT2D eigenvalue weighted by Gasteiger charge is -2.36. The van der Waals surface area contributed by atoms with Crippen LogP contribution in [0.3, 0.4) is 0 Å². The third-order valence-corrected chi connectivity index (χ3v) is 6.80. The Balaban J connectivity index is 2.05. The summed E-state index contributed by atoms with van der Waals surface area (Å²) in [4.78, 5) is 0. The van der Waals surface area contributed by atoms with Crippen LogP contribution in [0.4, 0.5) is 0 Å². The Kier molecular flexibility index (Phi) is 3.42. The predicted molar refractivity (Wildman–Crippen MR) is 87.6 cm³/mol. The minimum atomic E-state index is 0.441. The lowest BCUT2D eigenvalue weighted by atomic mass is 9.68. The van der Waals surface area contributed by atoms with Crippen molar-refractivity contribution in [3.63, 3.8) is 0 Å². The van der Waals surface area contributed by atoms with E-state index in [1.54, 1.807) is 5.57 Å². The SMILES string of the molecule is C/C1=C/CC2C(C)(C)CCC2(C)/C=C2/C(C)CCC2C1. The van der Waals surface area contributed by atoms with E-state index in [-0.39, 0.29) is 0 Å². The summed E-state index contributed by atoms with van der Waals surface area (Å²) in [5, 5.41) is 0. The van der Waals surface area contributed by atoms with Gasteiger partial charge in [-0.25, -0.2) is 0 Å². The molecule has 0 N–H and O–H groups in total. The molecule has 0 saturated heterocycles. The van der Waals surface area contributed by atoms with E-state index >= 15 is 0 Å². The van der Waals surface area contributed by atoms with Crippen LogP contribution < -0.4 is 0 Å². The normalized spacial score (nSPS) is 49.0. The summed E-state index contributed by atoms with van der Waals surface area (Å²) in [6, 6.07) is 0. The second-order valence-corrected chi connectivity index (χ2v) is 8.86. The van der Waals surface area contributed by atoms with Gasteiger partial charge in [-0.1, -0.05) is 51.0 Å². The molecule has 4 atom stereocenters. The largest absolute Gasteiger partial charge is 0.0853 e. The van der Waals surface area contributed by atoms with Crippen molar-refractivity contribution in [1.82, 2.24) is 0 Å². The highest BCUT2D eigenvalue weighted by Gasteiger charge is 2.48. The third-order valence-electron chi connectivity index (χ3n) is 6.80. The second kappa shape index (κ2) is 4.75. The van der Waals surface area contributed by atoms with Crippen molar-refractivity contribution in [3.8, 4) is 0 Å². The van der Waals surface area contributed by atoms with Crippen LogP contribution in [-0.4, -0.2) is 0 Å². The molecule has 0 aliphatic heterocycles. The molecule has 0 radical (unpaired) electrons. The van der Waals surface area contributed by atoms with Gasteiger partial charge < -0.3 is 0 Å². The fourth-order valence-electron chi connectivity index (χ4n) is 5.43. The van der Waals surface area contributed by atoms with Crippen LogP contribution in [0.1, 0.15) is 73.1 Å². The van der Waals surface area contributed by atoms with E-state index in [4.69, 9.17) is 0 Å². The molecule has 2 saturated carbocycles. The highest BCUT2D eigenvalue weighted by atomic mass is 14.5. The molecule has 0 aromatic carbocycles. The zero-order valence-corrected chi connectivity index (χ0v) is 14.1. The maximum Gasteiger partial charge on any atom is -0.0107 e. The predicted octanol–water partition coefficient (Wildman–Crippen LogP) is 6.14. The Morgan fingerprint density at radius 2 is 1.85 bits per heavy atom. The molecule has 3 rings (SSSR count). The summed E-state index contributed by atoms with van der Waals surface area (Å²) in [5.41, 5.74) is 4.40. The van der Waals surface area contributed by atoms with Gasteiger partial charge in [-0.2, -0.15) is 0 Å². The van der Waals surface area contributed by atoms with Crippen LogP contribution in [0.15, 0.2) is 23.3 Å². The molecule has 0 aromatic heterocycles. The Bertz CT molecular complexity index is 451. The second-order valence-electron chi connectivity index (χ2n) is 8.86. The van der Waals surface area contributed by atoms with E-state index in [0.717, 1.165) is 17.8 Å². The van der Waals surface area contributed by atoms with Crippen molar-refractivity contribution in [1.29, 1.82) is 0 Å². The first-order chi connectivity index (χ1) is 9.32. The van der Waals surface area contributed by atoms with Gasteiger partial charge in [0.05, 0.1) is 0 Å². The van der Waals surface area contributed by atoms with Crippen LogP contribution in [-0.2, 0) is 0 Å². The molecule has 3 aliphatic rings. The first-order valence-electron chi connectivity index (χ1n) is 8.70. The first kappa shape index (κ1) is 14.4. The number of fused-ring (bicyclic) bond motifs is 2. The molecule has 20 heavy (non-hydrogen) atoms. The lowest BCUT2D eigenvalue weighted by Crippen LogP contribution is -2.28. The average Bonchev–Trinajstić information content (AvgIpc) is 2.80. The van der Waals surface area contributed by atoms with E-state index < -0.39 is 0 Å². The van der Waals surface area contributed by atoms with Crippen molar-refractivity contribution in [2.75, 3.05) is 0 Å². The van der Waals surface area contributed by atoms with Gasteiger partial charge in [-0.05, 0) is 74.0 Å². The Morgan fingerprint density at radius 1 is 1.10 bits per heavy atom. The number of rotatable bonds is 0. The number of allylic oxidation sites excluding steroid dienone is 4. The molecule has 0 amide bonds. The van der Waals surface area contributed by atoms with Gasteiger partial charge in [0.2, 0.25) is 0 Å². The van der Waals surface area contributed by atoms with Crippen molar-refractivity contribution in [3.05, 3.63) is 23.3 Å². The van der Waals surface area contributed by atoms with E-state index in [1.165, 1.54) is 38.5 Å². The highest BCUT2D eigenvalue weighted by molar-refractivity contribution is 5.25. The zero-order chi connectivity index (χ0) is 14.5. The summed E-state index contributed by atoms with van der Waals surface area (Å²) in [7, 11) is 0. The topological polar surface area (TPSA) is 0 Å². The van der Waals surface area contributed by atoms with Crippen LogP contribution in [0.25, 0.3) is 0 Å². The molecule has 3 aliphatic carbocycles. The quantitative estimate of drug-likeness (QED) is 0.464. The standard InChI is InChI=1S/C20H32/c1-14-6-9-18-19(3,4)10-11-20(18,5)13-17-15(2)7-8-16(17)12-14/h6,13,15-16,18H,7-12H2,1-5H3/b14-6-,17-13-. The minimum absolute atomic E-state index is 0.441. The van der Waals surface area contributed by atoms with Crippen LogP contribution in [0, 0.1) is 28.6 Å². The maximum atomic E-state index is 2.77. The fourth-order valence-corrected chi connectivity index (χ4v) is 5.43. The number of hydrogen-bond acceptors (Lipinski definition) is 0. The van der Waals surface area contributed by atoms with Crippen molar-refractivity contribution >= 4 is 0 Å². The average molecular weight is 272 g/mol. The van der Waals surface area contributed by atoms with Crippen molar-refractivity contribution in [2.45, 2.75) is 73.1 Å². The lowest BCUT2D eigenvalue weighted by molar-refractivity contribution is 0.182. The molecule has 0 heterocycles. The Labute approximate surface area is 125 Å². The molecule has 0 nitrogen and oxygen atoms in total. The summed E-state index contributed by atoms with van der Waals surface area (Å²) >= 11 is 0. The molecule has 0 spiro atoms. The summed E-state index contributed by atoms with van der Waals surface area (Å²) in [5.74, 6) is 2.50. The zero-order valence-electron chi connectivity index (χ0n) is 14.1. The molecule has 4 unspecified atom stereocenters. The minimum Gasteiger partial charge on any atom is -0.0853 e. The first-order valence-corrected chi connectivity index (χ1v) is 8.70. The van der Waals surface area contributed by atoms with E-state index in [0.29, 0.717) is 10.8 Å². The maximum absolute atomic E-state index is 2.77. The summed E-state index contributed by atoms with van der Waals surface area (Å²) < 4.78 is 0. The van der Waals surface area contributed by atoms with Crippen LogP contribution in [0.5, 0.6) is 0 Å². The molecule has 0 bridgehead atoms. The van der Waals surface area contributed by atoms with Gasteiger partial charge in [-0.15, -0.1) is 0 Å². The highest BCUT2D eigenvalue weighted by Crippen LogP contribution is 2.58. The number of hydrogen-bond donors (Lipinski definition) is 0. The van der Waals surface area contributed by atoms with Gasteiger partial charge in [-0.3, -0.25) is 0 Å². The van der Waals surface area contributed by atoms with Crippen molar-refractivity contribution < 1.29 is 0 Å². The molecular formula is C20H32. The molecule has 0 heteroatoms. The van der Waals surface area contributed by atoms with E-state index in [1.807, 2.05) is 5.57 Å². The van der Waals surface area contributed by atoms with Gasteiger partial charge in [0.25, 0.3) is 0 Å². The summed E-state index contributed by atoms with van der Waals surface area (Å²) in [6.07, 6.45) is 13.6. The van der Waals surface area contributed by atoms with Crippen molar-refractivity contribution in [2.24, 2.45) is 28.6 Å². The van der Waals surface area contributed by atoms with Gasteiger partial charge in [0, 0.05) is 0 Å². The fraction of sp³-hybridized carbons (Fsp3) is 0.800. The van der Waals surface area contributed by atoms with E-state index in [2.05, 4.69) is 46.8 Å². The van der Waals surface area contributed by atoms with Gasteiger partial charge >= 0.3 is 0 Å². The van der Waals surface area contributed by atoms with E-state index in [9.17, 15) is 0 Å².